The number of anilines is 1. The maximum Gasteiger partial charge on any atom is 0.416 e. The van der Waals surface area contributed by atoms with Gasteiger partial charge in [-0.05, 0) is 56.3 Å². The van der Waals surface area contributed by atoms with Crippen molar-refractivity contribution in [2.75, 3.05) is 5.32 Å². The molecule has 1 amide bonds. The van der Waals surface area contributed by atoms with Gasteiger partial charge in [0.1, 0.15) is 11.5 Å². The van der Waals surface area contributed by atoms with Gasteiger partial charge < -0.3 is 10.1 Å². The number of rotatable bonds is 4. The van der Waals surface area contributed by atoms with Crippen LogP contribution >= 0.6 is 0 Å². The Hall–Kier alpha value is -3.49. The van der Waals surface area contributed by atoms with Crippen molar-refractivity contribution in [3.63, 3.8) is 0 Å². The highest BCUT2D eigenvalue weighted by molar-refractivity contribution is 6.06. The molecule has 3 aromatic rings. The molecule has 0 saturated heterocycles. The van der Waals surface area contributed by atoms with Crippen molar-refractivity contribution in [3.8, 4) is 11.5 Å². The van der Waals surface area contributed by atoms with Crippen LogP contribution in [0.5, 0.6) is 11.5 Å². The fourth-order valence-electron chi connectivity index (χ4n) is 2.54. The second-order valence-electron chi connectivity index (χ2n) is 6.17. The largest absolute Gasteiger partial charge is 0.455 e. The molecule has 0 saturated carbocycles. The summed E-state index contributed by atoms with van der Waals surface area (Å²) < 4.78 is 58.1. The van der Waals surface area contributed by atoms with E-state index in [0.29, 0.717) is 11.4 Å². The number of halogens is 4. The van der Waals surface area contributed by atoms with E-state index < -0.39 is 23.6 Å². The molecule has 1 N–H and O–H groups in total. The summed E-state index contributed by atoms with van der Waals surface area (Å²) in [5, 5.41) is 2.59. The zero-order chi connectivity index (χ0) is 23.2. The molecule has 0 fully saturated rings. The minimum absolute atomic E-state index is 0. The Kier molecular flexibility index (Phi) is 7.68. The third-order valence-electron chi connectivity index (χ3n) is 3.93. The Bertz CT molecular complexity index is 1080. The molecule has 9 heteroatoms. The molecule has 0 atom stereocenters. The predicted molar refractivity (Wildman–Crippen MR) is 111 cm³/mol. The molecule has 0 aliphatic heterocycles. The van der Waals surface area contributed by atoms with Gasteiger partial charge in [0.25, 0.3) is 5.91 Å². The Balaban J connectivity index is 0.00000166. The summed E-state index contributed by atoms with van der Waals surface area (Å²) in [6, 6.07) is 7.92. The van der Waals surface area contributed by atoms with Gasteiger partial charge in [-0.2, -0.15) is 17.6 Å². The second kappa shape index (κ2) is 10.0. The molecule has 0 unspecified atom stereocenters. The third-order valence-corrected chi connectivity index (χ3v) is 3.93. The van der Waals surface area contributed by atoms with Gasteiger partial charge in [-0.1, -0.05) is 13.8 Å². The van der Waals surface area contributed by atoms with Crippen LogP contribution in [0.15, 0.2) is 48.7 Å². The van der Waals surface area contributed by atoms with Crippen molar-refractivity contribution in [2.24, 2.45) is 0 Å². The van der Waals surface area contributed by atoms with E-state index in [1.165, 1.54) is 19.2 Å². The molecule has 166 valence electrons. The molecule has 5 nitrogen and oxygen atoms in total. The van der Waals surface area contributed by atoms with Gasteiger partial charge in [0.2, 0.25) is 5.95 Å². The Morgan fingerprint density at radius 1 is 1.03 bits per heavy atom. The van der Waals surface area contributed by atoms with Crippen LogP contribution in [0, 0.1) is 19.8 Å². The number of alkyl halides is 3. The van der Waals surface area contributed by atoms with Gasteiger partial charge in [-0.15, -0.1) is 0 Å². The smallest absolute Gasteiger partial charge is 0.416 e. The Labute approximate surface area is 178 Å². The number of hydrogen-bond acceptors (Lipinski definition) is 4. The summed E-state index contributed by atoms with van der Waals surface area (Å²) in [6.45, 7) is 7.16. The lowest BCUT2D eigenvalue weighted by Crippen LogP contribution is -2.15. The minimum Gasteiger partial charge on any atom is -0.455 e. The summed E-state index contributed by atoms with van der Waals surface area (Å²) >= 11 is 0. The van der Waals surface area contributed by atoms with E-state index in [0.717, 1.165) is 24.3 Å². The van der Waals surface area contributed by atoms with Crippen LogP contribution in [-0.2, 0) is 6.18 Å². The molecule has 31 heavy (non-hydrogen) atoms. The predicted octanol–water partition coefficient (Wildman–Crippen LogP) is 6.57. The molecular weight excluding hydrogens is 414 g/mol. The fraction of sp³-hybridized carbons (Fsp3) is 0.227. The van der Waals surface area contributed by atoms with Gasteiger partial charge in [-0.3, -0.25) is 9.78 Å². The average Bonchev–Trinajstić information content (AvgIpc) is 2.71. The molecule has 1 aromatic carbocycles. The van der Waals surface area contributed by atoms with Crippen LogP contribution in [0.1, 0.15) is 42.6 Å². The molecule has 0 spiro atoms. The monoisotopic (exact) mass is 437 g/mol. The van der Waals surface area contributed by atoms with Crippen molar-refractivity contribution in [1.82, 2.24) is 9.97 Å². The SMILES string of the molecule is CC.Cc1cc(NC(=O)c2ccc(C(F)(F)F)cc2Oc2ccc(F)nc2C)ccn1.[HH]. The number of amides is 1. The lowest BCUT2D eigenvalue weighted by atomic mass is 10.1. The lowest BCUT2D eigenvalue weighted by molar-refractivity contribution is -0.137. The molecule has 0 aliphatic rings. The van der Waals surface area contributed by atoms with E-state index in [-0.39, 0.29) is 24.2 Å². The summed E-state index contributed by atoms with van der Waals surface area (Å²) in [5.41, 5.74) is 0.0823. The van der Waals surface area contributed by atoms with Crippen LogP contribution in [-0.4, -0.2) is 15.9 Å². The van der Waals surface area contributed by atoms with Gasteiger partial charge in [0, 0.05) is 19.0 Å². The number of nitrogens with zero attached hydrogens (tertiary/aromatic N) is 2. The second-order valence-corrected chi connectivity index (χ2v) is 6.17. The van der Waals surface area contributed by atoms with Crippen LogP contribution in [0.2, 0.25) is 0 Å². The van der Waals surface area contributed by atoms with E-state index in [9.17, 15) is 22.4 Å². The number of pyridine rings is 2. The Morgan fingerprint density at radius 2 is 1.74 bits per heavy atom. The van der Waals surface area contributed by atoms with Crippen LogP contribution in [0.3, 0.4) is 0 Å². The summed E-state index contributed by atoms with van der Waals surface area (Å²) in [5.74, 6) is -1.74. The van der Waals surface area contributed by atoms with Crippen molar-refractivity contribution in [1.29, 1.82) is 0 Å². The highest BCUT2D eigenvalue weighted by Gasteiger charge is 2.32. The first kappa shape index (κ1) is 23.8. The third kappa shape index (κ3) is 6.24. The van der Waals surface area contributed by atoms with Crippen LogP contribution in [0.4, 0.5) is 23.2 Å². The van der Waals surface area contributed by atoms with Gasteiger partial charge >= 0.3 is 6.18 Å². The van der Waals surface area contributed by atoms with Crippen LogP contribution < -0.4 is 10.1 Å². The lowest BCUT2D eigenvalue weighted by Gasteiger charge is -2.15. The molecule has 0 radical (unpaired) electrons. The number of aromatic nitrogens is 2. The van der Waals surface area contributed by atoms with Crippen molar-refractivity contribution in [2.45, 2.75) is 33.9 Å². The summed E-state index contributed by atoms with van der Waals surface area (Å²) in [4.78, 5) is 20.2. The van der Waals surface area contributed by atoms with Crippen LogP contribution in [0.25, 0.3) is 0 Å². The maximum absolute atomic E-state index is 13.2. The molecule has 0 bridgehead atoms. The molecule has 2 heterocycles. The molecule has 0 aliphatic carbocycles. The standard InChI is InChI=1S/C20H15F4N3O2.C2H6.H2/c1-11-9-14(7-8-25-11)27-19(28)15-4-3-13(20(22,23)24)10-17(15)29-16-5-6-18(21)26-12(16)2;1-2;/h3-10H,1-2H3,(H,25,27,28);1-2H3;1H. The quantitative estimate of drug-likeness (QED) is 0.370. The number of carbonyl (C=O) groups is 1. The van der Waals surface area contributed by atoms with Crippen molar-refractivity contribution >= 4 is 11.6 Å². The first-order valence-electron chi connectivity index (χ1n) is 9.40. The normalized spacial score (nSPS) is 10.7. The molecule has 2 aromatic heterocycles. The number of hydrogen-bond donors (Lipinski definition) is 1. The van der Waals surface area contributed by atoms with Crippen molar-refractivity contribution < 1.29 is 28.5 Å². The van der Waals surface area contributed by atoms with E-state index in [1.807, 2.05) is 13.8 Å². The first-order chi connectivity index (χ1) is 14.6. The number of benzene rings is 1. The number of carbonyl (C=O) groups excluding carboxylic acids is 1. The fourth-order valence-corrected chi connectivity index (χ4v) is 2.54. The van der Waals surface area contributed by atoms with E-state index >= 15 is 0 Å². The van der Waals surface area contributed by atoms with Gasteiger partial charge in [0.15, 0.2) is 0 Å². The highest BCUT2D eigenvalue weighted by atomic mass is 19.4. The van der Waals surface area contributed by atoms with Crippen molar-refractivity contribution in [3.05, 3.63) is 77.1 Å². The number of aryl methyl sites for hydroxylation is 2. The van der Waals surface area contributed by atoms with Gasteiger partial charge in [0.05, 0.1) is 16.8 Å². The summed E-state index contributed by atoms with van der Waals surface area (Å²) in [7, 11) is 0. The zero-order valence-electron chi connectivity index (χ0n) is 17.3. The topological polar surface area (TPSA) is 64.1 Å². The Morgan fingerprint density at radius 3 is 2.35 bits per heavy atom. The van der Waals surface area contributed by atoms with E-state index in [4.69, 9.17) is 4.74 Å². The highest BCUT2D eigenvalue weighted by Crippen LogP contribution is 2.35. The maximum atomic E-state index is 13.2. The van der Waals surface area contributed by atoms with E-state index in [1.54, 1.807) is 19.1 Å². The minimum atomic E-state index is -4.63. The number of nitrogens with one attached hydrogen (secondary N) is 1. The van der Waals surface area contributed by atoms with E-state index in [2.05, 4.69) is 15.3 Å². The average molecular weight is 437 g/mol. The molecular formula is C22H23F4N3O2. The first-order valence-corrected chi connectivity index (χ1v) is 9.40. The summed E-state index contributed by atoms with van der Waals surface area (Å²) in [6.07, 6.45) is -3.14. The number of ether oxygens (including phenoxy) is 1. The van der Waals surface area contributed by atoms with Gasteiger partial charge in [-0.25, -0.2) is 4.98 Å². The molecule has 3 rings (SSSR count). The zero-order valence-corrected chi connectivity index (χ0v) is 17.3.